The highest BCUT2D eigenvalue weighted by molar-refractivity contribution is 6.31. The van der Waals surface area contributed by atoms with Gasteiger partial charge in [-0.1, -0.05) is 61.0 Å². The Labute approximate surface area is 133 Å². The molecule has 112 valence electrons. The van der Waals surface area contributed by atoms with E-state index in [9.17, 15) is 0 Å². The first-order valence-electron chi connectivity index (χ1n) is 7.72. The molecule has 0 saturated heterocycles. The van der Waals surface area contributed by atoms with E-state index in [2.05, 4.69) is 55.6 Å². The summed E-state index contributed by atoms with van der Waals surface area (Å²) in [5.74, 6) is 0. The second kappa shape index (κ2) is 8.21. The Morgan fingerprint density at radius 2 is 1.57 bits per heavy atom. The van der Waals surface area contributed by atoms with Gasteiger partial charge in [0.25, 0.3) is 0 Å². The molecule has 1 atom stereocenters. The van der Waals surface area contributed by atoms with Gasteiger partial charge in [-0.3, -0.25) is 0 Å². The fraction of sp³-hybridized carbons (Fsp3) is 0.368. The molecule has 0 fully saturated rings. The Kier molecular flexibility index (Phi) is 6.28. The predicted molar refractivity (Wildman–Crippen MR) is 92.1 cm³/mol. The minimum absolute atomic E-state index is 0.422. The van der Waals surface area contributed by atoms with Crippen LogP contribution in [0.2, 0.25) is 5.02 Å². The van der Waals surface area contributed by atoms with Crippen LogP contribution >= 0.6 is 11.6 Å². The van der Waals surface area contributed by atoms with Gasteiger partial charge in [0.2, 0.25) is 0 Å². The predicted octanol–water partition coefficient (Wildman–Crippen LogP) is 4.80. The van der Waals surface area contributed by atoms with Gasteiger partial charge in [0.15, 0.2) is 0 Å². The molecule has 0 saturated carbocycles. The minimum Gasteiger partial charge on any atom is -0.313 e. The van der Waals surface area contributed by atoms with Crippen LogP contribution in [0.4, 0.5) is 0 Å². The summed E-state index contributed by atoms with van der Waals surface area (Å²) >= 11 is 6.31. The van der Waals surface area contributed by atoms with Gasteiger partial charge in [0.05, 0.1) is 0 Å². The number of nitrogens with one attached hydrogen (secondary N) is 1. The summed E-state index contributed by atoms with van der Waals surface area (Å²) in [5, 5.41) is 4.53. The lowest BCUT2D eigenvalue weighted by Gasteiger charge is -2.20. The van der Waals surface area contributed by atoms with E-state index in [0.717, 1.165) is 30.8 Å². The smallest absolute Gasteiger partial charge is 0.0438 e. The summed E-state index contributed by atoms with van der Waals surface area (Å²) in [5.41, 5.74) is 4.00. The highest BCUT2D eigenvalue weighted by atomic mass is 35.5. The van der Waals surface area contributed by atoms with E-state index in [1.807, 2.05) is 12.1 Å². The molecular formula is C19H24ClN. The van der Waals surface area contributed by atoms with Gasteiger partial charge < -0.3 is 5.32 Å². The fourth-order valence-electron chi connectivity index (χ4n) is 2.60. The topological polar surface area (TPSA) is 12.0 Å². The average molecular weight is 302 g/mol. The Hall–Kier alpha value is -1.31. The first-order valence-corrected chi connectivity index (χ1v) is 8.09. The molecule has 0 aliphatic heterocycles. The van der Waals surface area contributed by atoms with Gasteiger partial charge >= 0.3 is 0 Å². The summed E-state index contributed by atoms with van der Waals surface area (Å²) in [6, 6.07) is 17.2. The highest BCUT2D eigenvalue weighted by Gasteiger charge is 2.12. The van der Waals surface area contributed by atoms with Crippen molar-refractivity contribution in [3.63, 3.8) is 0 Å². The van der Waals surface area contributed by atoms with Crippen LogP contribution in [-0.2, 0) is 12.8 Å². The quantitative estimate of drug-likeness (QED) is 0.774. The van der Waals surface area contributed by atoms with Crippen LogP contribution in [-0.4, -0.2) is 12.6 Å². The molecule has 0 aliphatic carbocycles. The lowest BCUT2D eigenvalue weighted by Crippen LogP contribution is -2.34. The van der Waals surface area contributed by atoms with Gasteiger partial charge in [-0.05, 0) is 55.5 Å². The van der Waals surface area contributed by atoms with Gasteiger partial charge in [0.1, 0.15) is 0 Å². The van der Waals surface area contributed by atoms with Crippen molar-refractivity contribution in [1.82, 2.24) is 5.32 Å². The molecule has 21 heavy (non-hydrogen) atoms. The molecular weight excluding hydrogens is 278 g/mol. The van der Waals surface area contributed by atoms with Crippen molar-refractivity contribution in [2.45, 2.75) is 39.2 Å². The zero-order valence-corrected chi connectivity index (χ0v) is 13.7. The Bertz CT molecular complexity index is 517. The molecule has 2 aromatic carbocycles. The maximum Gasteiger partial charge on any atom is 0.0438 e. The van der Waals surface area contributed by atoms with Gasteiger partial charge in [-0.2, -0.15) is 0 Å². The molecule has 0 radical (unpaired) electrons. The number of rotatable bonds is 7. The standard InChI is InChI=1S/C19H24ClN/c1-3-12-21-18(13-16-9-5-4-8-15(16)2)14-17-10-6-7-11-19(17)20/h4-11,18,21H,3,12-14H2,1-2H3. The lowest BCUT2D eigenvalue weighted by atomic mass is 9.96. The molecule has 0 aromatic heterocycles. The zero-order chi connectivity index (χ0) is 15.1. The van der Waals surface area contributed by atoms with Gasteiger partial charge in [0, 0.05) is 11.1 Å². The maximum atomic E-state index is 6.31. The first-order chi connectivity index (χ1) is 10.2. The molecule has 0 amide bonds. The summed E-state index contributed by atoms with van der Waals surface area (Å²) in [4.78, 5) is 0. The SMILES string of the molecule is CCCNC(Cc1ccccc1C)Cc1ccccc1Cl. The van der Waals surface area contributed by atoms with E-state index in [4.69, 9.17) is 11.6 Å². The molecule has 1 unspecified atom stereocenters. The summed E-state index contributed by atoms with van der Waals surface area (Å²) in [7, 11) is 0. The van der Waals surface area contributed by atoms with Gasteiger partial charge in [-0.15, -0.1) is 0 Å². The van der Waals surface area contributed by atoms with Crippen LogP contribution in [0.15, 0.2) is 48.5 Å². The van der Waals surface area contributed by atoms with Crippen LogP contribution < -0.4 is 5.32 Å². The van der Waals surface area contributed by atoms with Crippen molar-refractivity contribution in [3.05, 3.63) is 70.2 Å². The van der Waals surface area contributed by atoms with Gasteiger partial charge in [-0.25, -0.2) is 0 Å². The molecule has 1 nitrogen and oxygen atoms in total. The van der Waals surface area contributed by atoms with E-state index in [1.165, 1.54) is 16.7 Å². The lowest BCUT2D eigenvalue weighted by molar-refractivity contribution is 0.504. The van der Waals surface area contributed by atoms with E-state index in [-0.39, 0.29) is 0 Å². The van der Waals surface area contributed by atoms with E-state index in [0.29, 0.717) is 6.04 Å². The third-order valence-electron chi connectivity index (χ3n) is 3.83. The third-order valence-corrected chi connectivity index (χ3v) is 4.20. The van der Waals surface area contributed by atoms with Crippen molar-refractivity contribution in [1.29, 1.82) is 0 Å². The number of halogens is 1. The number of benzene rings is 2. The Balaban J connectivity index is 2.11. The molecule has 2 heteroatoms. The van der Waals surface area contributed by atoms with Crippen LogP contribution in [0.3, 0.4) is 0 Å². The maximum absolute atomic E-state index is 6.31. The second-order valence-corrected chi connectivity index (χ2v) is 5.98. The van der Waals surface area contributed by atoms with E-state index >= 15 is 0 Å². The fourth-order valence-corrected chi connectivity index (χ4v) is 2.81. The average Bonchev–Trinajstić information content (AvgIpc) is 2.49. The van der Waals surface area contributed by atoms with Crippen molar-refractivity contribution in [3.8, 4) is 0 Å². The molecule has 0 spiro atoms. The van der Waals surface area contributed by atoms with Crippen molar-refractivity contribution in [2.24, 2.45) is 0 Å². The first kappa shape index (κ1) is 16.1. The zero-order valence-electron chi connectivity index (χ0n) is 12.9. The van der Waals surface area contributed by atoms with Crippen molar-refractivity contribution < 1.29 is 0 Å². The largest absolute Gasteiger partial charge is 0.313 e. The van der Waals surface area contributed by atoms with Crippen LogP contribution in [0.5, 0.6) is 0 Å². The number of aryl methyl sites for hydroxylation is 1. The Morgan fingerprint density at radius 3 is 2.24 bits per heavy atom. The molecule has 2 rings (SSSR count). The number of hydrogen-bond acceptors (Lipinski definition) is 1. The monoisotopic (exact) mass is 301 g/mol. The normalized spacial score (nSPS) is 12.3. The van der Waals surface area contributed by atoms with Crippen LogP contribution in [0, 0.1) is 6.92 Å². The van der Waals surface area contributed by atoms with Crippen LogP contribution in [0.1, 0.15) is 30.0 Å². The Morgan fingerprint density at radius 1 is 0.952 bits per heavy atom. The minimum atomic E-state index is 0.422. The third kappa shape index (κ3) is 4.87. The van der Waals surface area contributed by atoms with Crippen LogP contribution in [0.25, 0.3) is 0 Å². The number of hydrogen-bond donors (Lipinski definition) is 1. The summed E-state index contributed by atoms with van der Waals surface area (Å²) < 4.78 is 0. The van der Waals surface area contributed by atoms with E-state index in [1.54, 1.807) is 0 Å². The molecule has 2 aromatic rings. The molecule has 0 aliphatic rings. The molecule has 1 N–H and O–H groups in total. The molecule has 0 bridgehead atoms. The van der Waals surface area contributed by atoms with Crippen molar-refractivity contribution in [2.75, 3.05) is 6.54 Å². The summed E-state index contributed by atoms with van der Waals surface area (Å²) in [6.07, 6.45) is 3.15. The van der Waals surface area contributed by atoms with Crippen molar-refractivity contribution >= 4 is 11.6 Å². The second-order valence-electron chi connectivity index (χ2n) is 5.58. The van der Waals surface area contributed by atoms with E-state index < -0.39 is 0 Å². The molecule has 0 heterocycles. The highest BCUT2D eigenvalue weighted by Crippen LogP contribution is 2.19. The summed E-state index contributed by atoms with van der Waals surface area (Å²) in [6.45, 7) is 5.43.